The van der Waals surface area contributed by atoms with Crippen LogP contribution in [0.1, 0.15) is 37.3 Å². The second kappa shape index (κ2) is 10.9. The number of hydrogen-bond donors (Lipinski definition) is 3. The van der Waals surface area contributed by atoms with E-state index in [4.69, 9.17) is 14.6 Å². The van der Waals surface area contributed by atoms with E-state index < -0.39 is 29.6 Å². The Hall–Kier alpha value is -3.83. The van der Waals surface area contributed by atoms with Gasteiger partial charge in [-0.05, 0) is 36.1 Å². The van der Waals surface area contributed by atoms with E-state index in [1.165, 1.54) is 7.11 Å². The number of ether oxygens (including phenoxy) is 2. The molecule has 1 unspecified atom stereocenters. The SMILES string of the molecule is COC(C)(C)CC(NC(=O)OCC1c2ccccc2-c2ccccc21)C(=O)NCC#CC(=O)O. The average Bonchev–Trinajstić information content (AvgIpc) is 3.13. The molecule has 0 radical (unpaired) electrons. The molecule has 34 heavy (non-hydrogen) atoms. The molecule has 2 aromatic rings. The molecule has 0 fully saturated rings. The Kier molecular flexibility index (Phi) is 7.92. The summed E-state index contributed by atoms with van der Waals surface area (Å²) in [6.45, 7) is 3.53. The predicted molar refractivity (Wildman–Crippen MR) is 126 cm³/mol. The number of aliphatic carboxylic acids is 1. The molecule has 0 spiro atoms. The van der Waals surface area contributed by atoms with E-state index in [2.05, 4.69) is 28.7 Å². The van der Waals surface area contributed by atoms with Crippen LogP contribution >= 0.6 is 0 Å². The monoisotopic (exact) mass is 464 g/mol. The molecule has 8 heteroatoms. The molecule has 1 atom stereocenters. The molecule has 0 saturated heterocycles. The number of carboxylic acid groups (broad SMARTS) is 1. The number of carbonyl (C=O) groups excluding carboxylic acids is 2. The van der Waals surface area contributed by atoms with Gasteiger partial charge in [-0.3, -0.25) is 4.79 Å². The molecule has 0 heterocycles. The molecular formula is C26H28N2O6. The number of amides is 2. The van der Waals surface area contributed by atoms with Crippen molar-refractivity contribution in [2.75, 3.05) is 20.3 Å². The minimum Gasteiger partial charge on any atom is -0.472 e. The fourth-order valence-electron chi connectivity index (χ4n) is 3.94. The molecule has 2 amide bonds. The number of benzene rings is 2. The van der Waals surface area contributed by atoms with Gasteiger partial charge in [-0.1, -0.05) is 54.5 Å². The number of fused-ring (bicyclic) bond motifs is 3. The van der Waals surface area contributed by atoms with Crippen LogP contribution in [-0.4, -0.2) is 55.0 Å². The molecule has 0 aliphatic heterocycles. The Morgan fingerprint density at radius 1 is 1.06 bits per heavy atom. The minimum absolute atomic E-state index is 0.105. The summed E-state index contributed by atoms with van der Waals surface area (Å²) in [5, 5.41) is 13.7. The molecule has 0 bridgehead atoms. The minimum atomic E-state index is -1.29. The number of rotatable bonds is 8. The van der Waals surface area contributed by atoms with E-state index >= 15 is 0 Å². The first kappa shape index (κ1) is 24.8. The molecule has 1 aliphatic rings. The van der Waals surface area contributed by atoms with Crippen LogP contribution in [0.25, 0.3) is 11.1 Å². The second-order valence-corrected chi connectivity index (χ2v) is 8.52. The normalized spacial score (nSPS) is 13.0. The quantitative estimate of drug-likeness (QED) is 0.518. The van der Waals surface area contributed by atoms with E-state index in [-0.39, 0.29) is 25.5 Å². The summed E-state index contributed by atoms with van der Waals surface area (Å²) in [6, 6.07) is 15.1. The Morgan fingerprint density at radius 3 is 2.21 bits per heavy atom. The van der Waals surface area contributed by atoms with Gasteiger partial charge in [-0.15, -0.1) is 0 Å². The highest BCUT2D eigenvalue weighted by atomic mass is 16.5. The lowest BCUT2D eigenvalue weighted by Crippen LogP contribution is -2.50. The number of carboxylic acids is 1. The van der Waals surface area contributed by atoms with Gasteiger partial charge in [0.15, 0.2) is 0 Å². The van der Waals surface area contributed by atoms with E-state index in [0.29, 0.717) is 0 Å². The number of alkyl carbamates (subject to hydrolysis) is 1. The van der Waals surface area contributed by atoms with Crippen molar-refractivity contribution >= 4 is 18.0 Å². The summed E-state index contributed by atoms with van der Waals surface area (Å²) in [6.07, 6.45) is -0.558. The van der Waals surface area contributed by atoms with Gasteiger partial charge in [-0.2, -0.15) is 0 Å². The van der Waals surface area contributed by atoms with Gasteiger partial charge in [0, 0.05) is 25.4 Å². The summed E-state index contributed by atoms with van der Waals surface area (Å²) in [4.78, 5) is 35.8. The van der Waals surface area contributed by atoms with E-state index in [1.807, 2.05) is 42.3 Å². The second-order valence-electron chi connectivity index (χ2n) is 8.52. The number of methoxy groups -OCH3 is 1. The van der Waals surface area contributed by atoms with Crippen molar-refractivity contribution in [2.24, 2.45) is 0 Å². The van der Waals surface area contributed by atoms with E-state index in [0.717, 1.165) is 22.3 Å². The van der Waals surface area contributed by atoms with Gasteiger partial charge in [0.25, 0.3) is 0 Å². The molecule has 0 aromatic heterocycles. The van der Waals surface area contributed by atoms with Crippen molar-refractivity contribution in [3.05, 3.63) is 59.7 Å². The molecule has 0 saturated carbocycles. The van der Waals surface area contributed by atoms with Crippen molar-refractivity contribution in [1.82, 2.24) is 10.6 Å². The maximum Gasteiger partial charge on any atom is 0.407 e. The van der Waals surface area contributed by atoms with Crippen LogP contribution in [0, 0.1) is 11.8 Å². The molecular weight excluding hydrogens is 436 g/mol. The highest BCUT2D eigenvalue weighted by Gasteiger charge is 2.32. The summed E-state index contributed by atoms with van der Waals surface area (Å²) < 4.78 is 10.9. The first-order valence-corrected chi connectivity index (χ1v) is 10.9. The van der Waals surface area contributed by atoms with Gasteiger partial charge >= 0.3 is 12.1 Å². The zero-order valence-corrected chi connectivity index (χ0v) is 19.4. The molecule has 8 nitrogen and oxygen atoms in total. The zero-order valence-electron chi connectivity index (χ0n) is 19.4. The van der Waals surface area contributed by atoms with Gasteiger partial charge < -0.3 is 25.2 Å². The molecule has 178 valence electrons. The lowest BCUT2D eigenvalue weighted by atomic mass is 9.98. The summed E-state index contributed by atoms with van der Waals surface area (Å²) in [5.74, 6) is 2.34. The summed E-state index contributed by atoms with van der Waals surface area (Å²) >= 11 is 0. The first-order chi connectivity index (χ1) is 16.2. The van der Waals surface area contributed by atoms with E-state index in [9.17, 15) is 14.4 Å². The standard InChI is InChI=1S/C26H28N2O6/c1-26(2,33-3)15-22(24(31)27-14-8-13-23(29)30)28-25(32)34-16-21-19-11-6-4-9-17(19)18-10-5-7-12-20(18)21/h4-7,9-12,21-22H,14-16H2,1-3H3,(H,27,31)(H,28,32)(H,29,30). The fraction of sp³-hybridized carbons (Fsp3) is 0.346. The van der Waals surface area contributed by atoms with Crippen LogP contribution in [0.5, 0.6) is 0 Å². The van der Waals surface area contributed by atoms with Gasteiger partial charge in [0.2, 0.25) is 5.91 Å². The summed E-state index contributed by atoms with van der Waals surface area (Å²) in [7, 11) is 1.51. The van der Waals surface area contributed by atoms with Gasteiger partial charge in [0.05, 0.1) is 12.1 Å². The van der Waals surface area contributed by atoms with Crippen LogP contribution < -0.4 is 10.6 Å². The zero-order chi connectivity index (χ0) is 24.7. The Morgan fingerprint density at radius 2 is 1.65 bits per heavy atom. The highest BCUT2D eigenvalue weighted by molar-refractivity contribution is 5.88. The molecule has 3 rings (SSSR count). The van der Waals surface area contributed by atoms with Gasteiger partial charge in [-0.25, -0.2) is 9.59 Å². The lowest BCUT2D eigenvalue weighted by molar-refractivity contribution is -0.130. The van der Waals surface area contributed by atoms with Crippen LogP contribution in [-0.2, 0) is 19.1 Å². The molecule has 2 aromatic carbocycles. The largest absolute Gasteiger partial charge is 0.472 e. The third kappa shape index (κ3) is 6.15. The Balaban J connectivity index is 1.67. The van der Waals surface area contributed by atoms with E-state index in [1.54, 1.807) is 13.8 Å². The topological polar surface area (TPSA) is 114 Å². The van der Waals surface area contributed by atoms with Crippen LogP contribution in [0.3, 0.4) is 0 Å². The lowest BCUT2D eigenvalue weighted by Gasteiger charge is -2.28. The molecule has 3 N–H and O–H groups in total. The third-order valence-electron chi connectivity index (χ3n) is 5.75. The van der Waals surface area contributed by atoms with Crippen LogP contribution in [0.2, 0.25) is 0 Å². The van der Waals surface area contributed by atoms with Crippen molar-refractivity contribution in [2.45, 2.75) is 37.8 Å². The van der Waals surface area contributed by atoms with Gasteiger partial charge in [0.1, 0.15) is 12.6 Å². The van der Waals surface area contributed by atoms with Crippen molar-refractivity contribution in [3.8, 4) is 23.0 Å². The maximum absolute atomic E-state index is 12.7. The predicted octanol–water partition coefficient (Wildman–Crippen LogP) is 2.91. The number of nitrogens with one attached hydrogen (secondary N) is 2. The van der Waals surface area contributed by atoms with Crippen molar-refractivity contribution < 1.29 is 29.0 Å². The summed E-state index contributed by atoms with van der Waals surface area (Å²) in [5.41, 5.74) is 3.71. The van der Waals surface area contributed by atoms with Crippen LogP contribution in [0.4, 0.5) is 4.79 Å². The fourth-order valence-corrected chi connectivity index (χ4v) is 3.94. The Labute approximate surface area is 198 Å². The van der Waals surface area contributed by atoms with Crippen molar-refractivity contribution in [1.29, 1.82) is 0 Å². The first-order valence-electron chi connectivity index (χ1n) is 10.9. The van der Waals surface area contributed by atoms with Crippen LogP contribution in [0.15, 0.2) is 48.5 Å². The third-order valence-corrected chi connectivity index (χ3v) is 5.75. The Bertz CT molecular complexity index is 1090. The average molecular weight is 465 g/mol. The maximum atomic E-state index is 12.7. The smallest absolute Gasteiger partial charge is 0.407 e. The number of hydrogen-bond acceptors (Lipinski definition) is 5. The van der Waals surface area contributed by atoms with Crippen molar-refractivity contribution in [3.63, 3.8) is 0 Å². The number of carbonyl (C=O) groups is 3. The molecule has 1 aliphatic carbocycles. The highest BCUT2D eigenvalue weighted by Crippen LogP contribution is 2.44.